The zero-order chi connectivity index (χ0) is 20.7. The Morgan fingerprint density at radius 1 is 1.14 bits per heavy atom. The van der Waals surface area contributed by atoms with Gasteiger partial charge in [0.15, 0.2) is 6.10 Å². The number of ether oxygens (including phenoxy) is 1. The fraction of sp³-hybridized carbons (Fsp3) is 0.200. The molecule has 1 amide bonds. The molecule has 0 bridgehead atoms. The molecule has 1 N–H and O–H groups in total. The van der Waals surface area contributed by atoms with Crippen molar-refractivity contribution in [2.24, 2.45) is 0 Å². The molecule has 0 aromatic heterocycles. The first-order chi connectivity index (χ1) is 13.3. The number of hydrogen-bond acceptors (Lipinski definition) is 5. The number of benzene rings is 2. The molecule has 8 heteroatoms. The van der Waals surface area contributed by atoms with Gasteiger partial charge in [-0.15, -0.1) is 6.58 Å². The Bertz CT molecular complexity index is 940. The number of nitrogens with zero attached hydrogens (tertiary/aromatic N) is 1. The molecule has 28 heavy (non-hydrogen) atoms. The largest absolute Gasteiger partial charge is 0.449 e. The Morgan fingerprint density at radius 2 is 1.75 bits per heavy atom. The second-order valence-corrected chi connectivity index (χ2v) is 7.88. The van der Waals surface area contributed by atoms with Crippen LogP contribution in [-0.4, -0.2) is 40.0 Å². The minimum absolute atomic E-state index is 0.0344. The summed E-state index contributed by atoms with van der Waals surface area (Å²) in [5, 5.41) is 2.53. The number of carbonyl (C=O) groups excluding carboxylic acids is 2. The van der Waals surface area contributed by atoms with E-state index in [1.165, 1.54) is 44.3 Å². The first-order valence-electron chi connectivity index (χ1n) is 8.51. The lowest BCUT2D eigenvalue weighted by Crippen LogP contribution is -2.35. The van der Waals surface area contributed by atoms with Crippen LogP contribution < -0.4 is 9.62 Å². The van der Waals surface area contributed by atoms with Crippen LogP contribution in [0.5, 0.6) is 0 Å². The van der Waals surface area contributed by atoms with Crippen molar-refractivity contribution in [1.29, 1.82) is 0 Å². The third kappa shape index (κ3) is 4.98. The quantitative estimate of drug-likeness (QED) is 0.540. The van der Waals surface area contributed by atoms with Crippen LogP contribution in [-0.2, 0) is 19.6 Å². The summed E-state index contributed by atoms with van der Waals surface area (Å²) in [6.07, 6.45) is 0.526. The Hall–Kier alpha value is -3.13. The number of sulfonamides is 1. The number of hydrogen-bond donors (Lipinski definition) is 1. The highest BCUT2D eigenvalue weighted by Crippen LogP contribution is 2.22. The molecule has 0 radical (unpaired) electrons. The molecule has 2 rings (SSSR count). The second kappa shape index (κ2) is 9.18. The molecule has 0 aliphatic rings. The van der Waals surface area contributed by atoms with E-state index in [0.29, 0.717) is 5.69 Å². The van der Waals surface area contributed by atoms with E-state index in [1.54, 1.807) is 30.3 Å². The van der Waals surface area contributed by atoms with E-state index in [4.69, 9.17) is 4.74 Å². The highest BCUT2D eigenvalue weighted by atomic mass is 32.2. The average molecular weight is 402 g/mol. The fourth-order valence-electron chi connectivity index (χ4n) is 2.30. The number of carbonyl (C=O) groups is 2. The van der Waals surface area contributed by atoms with E-state index >= 15 is 0 Å². The molecule has 1 atom stereocenters. The molecule has 0 fully saturated rings. The van der Waals surface area contributed by atoms with E-state index in [0.717, 1.165) is 4.31 Å². The van der Waals surface area contributed by atoms with Crippen molar-refractivity contribution in [3.8, 4) is 0 Å². The van der Waals surface area contributed by atoms with Crippen LogP contribution in [0.15, 0.2) is 72.1 Å². The van der Waals surface area contributed by atoms with Crippen LogP contribution in [0.4, 0.5) is 5.69 Å². The predicted octanol–water partition coefficient (Wildman–Crippen LogP) is 2.36. The molecule has 0 unspecified atom stereocenters. The average Bonchev–Trinajstić information content (AvgIpc) is 2.71. The van der Waals surface area contributed by atoms with Crippen molar-refractivity contribution in [2.45, 2.75) is 17.9 Å². The minimum atomic E-state index is -3.77. The lowest BCUT2D eigenvalue weighted by atomic mass is 10.2. The number of para-hydroxylation sites is 1. The number of rotatable bonds is 8. The van der Waals surface area contributed by atoms with Gasteiger partial charge in [0.1, 0.15) is 0 Å². The van der Waals surface area contributed by atoms with Gasteiger partial charge in [-0.2, -0.15) is 0 Å². The third-order valence-corrected chi connectivity index (χ3v) is 5.74. The summed E-state index contributed by atoms with van der Waals surface area (Å²) < 4.78 is 31.7. The van der Waals surface area contributed by atoms with Crippen LogP contribution in [0.2, 0.25) is 0 Å². The maximum absolute atomic E-state index is 12.7. The van der Waals surface area contributed by atoms with Crippen LogP contribution in [0.1, 0.15) is 17.3 Å². The minimum Gasteiger partial charge on any atom is -0.449 e. The van der Waals surface area contributed by atoms with Crippen LogP contribution in [0.25, 0.3) is 0 Å². The van der Waals surface area contributed by atoms with Crippen molar-refractivity contribution >= 4 is 27.6 Å². The molecule has 0 saturated heterocycles. The van der Waals surface area contributed by atoms with E-state index in [-0.39, 0.29) is 17.0 Å². The summed E-state index contributed by atoms with van der Waals surface area (Å²) in [5.74, 6) is -1.17. The van der Waals surface area contributed by atoms with Crippen molar-refractivity contribution in [3.05, 3.63) is 72.8 Å². The highest BCUT2D eigenvalue weighted by Gasteiger charge is 2.23. The summed E-state index contributed by atoms with van der Waals surface area (Å²) >= 11 is 0. The zero-order valence-electron chi connectivity index (χ0n) is 15.7. The molecule has 2 aromatic rings. The van der Waals surface area contributed by atoms with E-state index in [1.807, 2.05) is 0 Å². The summed E-state index contributed by atoms with van der Waals surface area (Å²) in [4.78, 5) is 23.9. The Balaban J connectivity index is 2.11. The highest BCUT2D eigenvalue weighted by molar-refractivity contribution is 7.92. The van der Waals surface area contributed by atoms with Gasteiger partial charge < -0.3 is 10.1 Å². The summed E-state index contributed by atoms with van der Waals surface area (Å²) in [5.41, 5.74) is 0.662. The summed E-state index contributed by atoms with van der Waals surface area (Å²) in [7, 11) is -2.32. The topological polar surface area (TPSA) is 92.8 Å². The maximum atomic E-state index is 12.7. The number of amides is 1. The molecular weight excluding hydrogens is 380 g/mol. The summed E-state index contributed by atoms with van der Waals surface area (Å²) in [6, 6.07) is 14.0. The lowest BCUT2D eigenvalue weighted by molar-refractivity contribution is -0.128. The Labute approximate surface area is 164 Å². The smallest absolute Gasteiger partial charge is 0.338 e. The normalized spacial score (nSPS) is 11.9. The Morgan fingerprint density at radius 3 is 2.32 bits per heavy atom. The van der Waals surface area contributed by atoms with Gasteiger partial charge in [-0.25, -0.2) is 13.2 Å². The van der Waals surface area contributed by atoms with Crippen molar-refractivity contribution < 1.29 is 22.7 Å². The molecule has 148 valence electrons. The van der Waals surface area contributed by atoms with Crippen molar-refractivity contribution in [3.63, 3.8) is 0 Å². The molecule has 0 spiro atoms. The van der Waals surface area contributed by atoms with Gasteiger partial charge in [0, 0.05) is 13.6 Å². The van der Waals surface area contributed by atoms with E-state index < -0.39 is 28.0 Å². The summed E-state index contributed by atoms with van der Waals surface area (Å²) in [6.45, 7) is 5.20. The number of nitrogens with one attached hydrogen (secondary N) is 1. The maximum Gasteiger partial charge on any atom is 0.338 e. The monoisotopic (exact) mass is 402 g/mol. The Kier molecular flexibility index (Phi) is 6.94. The van der Waals surface area contributed by atoms with Gasteiger partial charge in [0.05, 0.1) is 16.1 Å². The predicted molar refractivity (Wildman–Crippen MR) is 107 cm³/mol. The fourth-order valence-corrected chi connectivity index (χ4v) is 3.49. The van der Waals surface area contributed by atoms with Gasteiger partial charge in [-0.05, 0) is 43.3 Å². The van der Waals surface area contributed by atoms with E-state index in [9.17, 15) is 18.0 Å². The molecular formula is C20H22N2O5S. The molecule has 0 saturated carbocycles. The first kappa shape index (κ1) is 21.2. The number of anilines is 1. The SMILES string of the molecule is C=CCNC(=O)[C@H](C)OC(=O)c1ccc(S(=O)(=O)N(C)c2ccccc2)cc1. The van der Waals surface area contributed by atoms with Gasteiger partial charge in [0.2, 0.25) is 0 Å². The van der Waals surface area contributed by atoms with E-state index in [2.05, 4.69) is 11.9 Å². The van der Waals surface area contributed by atoms with Gasteiger partial charge in [-0.1, -0.05) is 24.3 Å². The zero-order valence-corrected chi connectivity index (χ0v) is 16.5. The molecule has 0 aliphatic carbocycles. The van der Waals surface area contributed by atoms with Gasteiger partial charge in [-0.3, -0.25) is 9.10 Å². The molecule has 2 aromatic carbocycles. The lowest BCUT2D eigenvalue weighted by Gasteiger charge is -2.19. The first-order valence-corrected chi connectivity index (χ1v) is 9.95. The number of esters is 1. The van der Waals surface area contributed by atoms with Crippen LogP contribution in [0.3, 0.4) is 0 Å². The molecule has 0 heterocycles. The standard InChI is InChI=1S/C20H22N2O5S/c1-4-14-21-19(23)15(2)27-20(24)16-10-12-18(13-11-16)28(25,26)22(3)17-8-6-5-7-9-17/h4-13,15H,1,14H2,2-3H3,(H,21,23)/t15-/m0/s1. The second-order valence-electron chi connectivity index (χ2n) is 5.91. The van der Waals surface area contributed by atoms with Crippen molar-refractivity contribution in [2.75, 3.05) is 17.9 Å². The molecule has 0 aliphatic heterocycles. The van der Waals surface area contributed by atoms with Crippen LogP contribution >= 0.6 is 0 Å². The van der Waals surface area contributed by atoms with Gasteiger partial charge in [0.25, 0.3) is 15.9 Å². The van der Waals surface area contributed by atoms with Crippen LogP contribution in [0, 0.1) is 0 Å². The third-order valence-electron chi connectivity index (χ3n) is 3.94. The van der Waals surface area contributed by atoms with Crippen molar-refractivity contribution in [1.82, 2.24) is 5.32 Å². The molecule has 7 nitrogen and oxygen atoms in total. The van der Waals surface area contributed by atoms with Gasteiger partial charge >= 0.3 is 5.97 Å².